The monoisotopic (exact) mass is 351 g/mol. The maximum atomic E-state index is 12.7. The second-order valence-corrected chi connectivity index (χ2v) is 6.99. The highest BCUT2D eigenvalue weighted by atomic mass is 79.9. The summed E-state index contributed by atoms with van der Waals surface area (Å²) in [6, 6.07) is 12.0. The van der Waals surface area contributed by atoms with E-state index < -0.39 is 10.0 Å². The maximum absolute atomic E-state index is 12.7. The van der Waals surface area contributed by atoms with E-state index in [9.17, 15) is 8.42 Å². The lowest BCUT2D eigenvalue weighted by atomic mass is 10.2. The molecule has 2 aromatic carbocycles. The molecule has 0 unspecified atom stereocenters. The Balaban J connectivity index is 2.26. The van der Waals surface area contributed by atoms with Gasteiger partial charge in [0.25, 0.3) is 10.0 Å². The molecule has 0 saturated carbocycles. The molecule has 1 heterocycles. The first-order valence-electron chi connectivity index (χ1n) is 5.82. The molecule has 3 rings (SSSR count). The Morgan fingerprint density at radius 3 is 2.65 bits per heavy atom. The van der Waals surface area contributed by atoms with Crippen LogP contribution in [-0.2, 0) is 10.0 Å². The number of fused-ring (bicyclic) bond motifs is 1. The van der Waals surface area contributed by atoms with Gasteiger partial charge in [0.1, 0.15) is 11.0 Å². The summed E-state index contributed by atoms with van der Waals surface area (Å²) >= 11 is 3.32. The largest absolute Gasteiger partial charge is 0.285 e. The topological polar surface area (TPSA) is 64.8 Å². The molecule has 0 fully saturated rings. The number of benzene rings is 2. The van der Waals surface area contributed by atoms with Gasteiger partial charge in [-0.25, -0.2) is 0 Å². The van der Waals surface area contributed by atoms with Crippen LogP contribution in [0.3, 0.4) is 0 Å². The predicted octanol–water partition coefficient (Wildman–Crippen LogP) is 2.74. The van der Waals surface area contributed by atoms with E-state index in [4.69, 9.17) is 0 Å². The average molecular weight is 352 g/mol. The first-order chi connectivity index (χ1) is 9.50. The first kappa shape index (κ1) is 13.3. The Kier molecular flexibility index (Phi) is 3.10. The third kappa shape index (κ3) is 2.03. The Morgan fingerprint density at radius 1 is 1.15 bits per heavy atom. The fourth-order valence-electron chi connectivity index (χ4n) is 2.02. The predicted molar refractivity (Wildman–Crippen MR) is 79.0 cm³/mol. The second-order valence-electron chi connectivity index (χ2n) is 4.34. The van der Waals surface area contributed by atoms with E-state index in [-0.39, 0.29) is 4.90 Å². The summed E-state index contributed by atoms with van der Waals surface area (Å²) in [7, 11) is -3.75. The zero-order valence-electron chi connectivity index (χ0n) is 10.5. The van der Waals surface area contributed by atoms with Crippen LogP contribution >= 0.6 is 15.9 Å². The molecule has 0 bridgehead atoms. The molecule has 0 amide bonds. The Morgan fingerprint density at radius 2 is 1.90 bits per heavy atom. The lowest BCUT2D eigenvalue weighted by molar-refractivity contribution is 0.579. The number of aryl methyl sites for hydroxylation is 1. The standard InChI is InChI=1S/C13H10BrN3O2S/c1-9-8-10(14)6-7-13(9)20(18,19)17-12-5-3-2-4-11(12)15-16-17/h2-8H,1H3. The van der Waals surface area contributed by atoms with E-state index in [0.717, 1.165) is 8.56 Å². The molecule has 3 aromatic rings. The van der Waals surface area contributed by atoms with Gasteiger partial charge >= 0.3 is 0 Å². The Hall–Kier alpha value is -1.73. The lowest BCUT2D eigenvalue weighted by Crippen LogP contribution is -2.15. The van der Waals surface area contributed by atoms with E-state index in [1.54, 1.807) is 49.4 Å². The zero-order chi connectivity index (χ0) is 14.3. The van der Waals surface area contributed by atoms with Crippen molar-refractivity contribution >= 4 is 37.0 Å². The zero-order valence-corrected chi connectivity index (χ0v) is 12.9. The quantitative estimate of drug-likeness (QED) is 0.711. The van der Waals surface area contributed by atoms with Gasteiger partial charge in [-0.15, -0.1) is 9.19 Å². The van der Waals surface area contributed by atoms with E-state index >= 15 is 0 Å². The van der Waals surface area contributed by atoms with E-state index in [0.29, 0.717) is 16.6 Å². The number of rotatable bonds is 2. The lowest BCUT2D eigenvalue weighted by Gasteiger charge is -2.08. The highest BCUT2D eigenvalue weighted by Crippen LogP contribution is 2.23. The van der Waals surface area contributed by atoms with Gasteiger partial charge in [0, 0.05) is 4.47 Å². The number of para-hydroxylation sites is 1. The molecule has 0 saturated heterocycles. The summed E-state index contributed by atoms with van der Waals surface area (Å²) in [5.41, 5.74) is 1.67. The molecule has 0 radical (unpaired) electrons. The van der Waals surface area contributed by atoms with Gasteiger partial charge in [0.15, 0.2) is 0 Å². The van der Waals surface area contributed by atoms with Crippen molar-refractivity contribution in [2.45, 2.75) is 11.8 Å². The van der Waals surface area contributed by atoms with Crippen LogP contribution in [0.15, 0.2) is 51.8 Å². The highest BCUT2D eigenvalue weighted by molar-refractivity contribution is 9.10. The van der Waals surface area contributed by atoms with Crippen molar-refractivity contribution in [3.63, 3.8) is 0 Å². The minimum Gasteiger partial charge on any atom is -0.199 e. The minimum atomic E-state index is -3.75. The molecule has 0 spiro atoms. The van der Waals surface area contributed by atoms with Crippen molar-refractivity contribution < 1.29 is 8.42 Å². The third-order valence-electron chi connectivity index (χ3n) is 2.96. The fourth-order valence-corrected chi connectivity index (χ4v) is 3.93. The fraction of sp³-hybridized carbons (Fsp3) is 0.0769. The molecular formula is C13H10BrN3O2S. The van der Waals surface area contributed by atoms with Crippen LogP contribution in [0, 0.1) is 6.92 Å². The molecule has 0 aliphatic carbocycles. The molecule has 102 valence electrons. The summed E-state index contributed by atoms with van der Waals surface area (Å²) in [6.07, 6.45) is 0. The van der Waals surface area contributed by atoms with Crippen LogP contribution in [0.2, 0.25) is 0 Å². The molecular weight excluding hydrogens is 342 g/mol. The van der Waals surface area contributed by atoms with Crippen molar-refractivity contribution in [1.29, 1.82) is 0 Å². The molecule has 20 heavy (non-hydrogen) atoms. The van der Waals surface area contributed by atoms with Crippen LogP contribution in [0.25, 0.3) is 11.0 Å². The van der Waals surface area contributed by atoms with Gasteiger partial charge in [-0.05, 0) is 42.8 Å². The molecule has 7 heteroatoms. The summed E-state index contributed by atoms with van der Waals surface area (Å²) < 4.78 is 27.2. The number of halogens is 1. The molecule has 0 aliphatic rings. The van der Waals surface area contributed by atoms with Gasteiger partial charge < -0.3 is 0 Å². The molecule has 0 aliphatic heterocycles. The van der Waals surface area contributed by atoms with Crippen LogP contribution in [0.4, 0.5) is 0 Å². The molecule has 5 nitrogen and oxygen atoms in total. The van der Waals surface area contributed by atoms with Gasteiger partial charge in [-0.1, -0.05) is 33.3 Å². The first-order valence-corrected chi connectivity index (χ1v) is 8.05. The summed E-state index contributed by atoms with van der Waals surface area (Å²) in [6.45, 7) is 1.75. The van der Waals surface area contributed by atoms with Crippen LogP contribution in [-0.4, -0.2) is 22.8 Å². The van der Waals surface area contributed by atoms with Gasteiger partial charge in [-0.3, -0.25) is 0 Å². The van der Waals surface area contributed by atoms with Gasteiger partial charge in [0.2, 0.25) is 0 Å². The van der Waals surface area contributed by atoms with Crippen molar-refractivity contribution in [2.75, 3.05) is 0 Å². The molecule has 1 aromatic heterocycles. The summed E-state index contributed by atoms with van der Waals surface area (Å²) in [5, 5.41) is 7.66. The SMILES string of the molecule is Cc1cc(Br)ccc1S(=O)(=O)n1nnc2ccccc21. The summed E-state index contributed by atoms with van der Waals surface area (Å²) in [4.78, 5) is 0.219. The number of nitrogens with zero attached hydrogens (tertiary/aromatic N) is 3. The number of hydrogen-bond donors (Lipinski definition) is 0. The van der Waals surface area contributed by atoms with Crippen LogP contribution in [0.5, 0.6) is 0 Å². The van der Waals surface area contributed by atoms with Crippen molar-refractivity contribution in [1.82, 2.24) is 14.4 Å². The van der Waals surface area contributed by atoms with E-state index in [2.05, 4.69) is 26.2 Å². The van der Waals surface area contributed by atoms with Crippen LogP contribution < -0.4 is 0 Å². The number of aromatic nitrogens is 3. The smallest absolute Gasteiger partial charge is 0.199 e. The van der Waals surface area contributed by atoms with Crippen molar-refractivity contribution in [3.8, 4) is 0 Å². The van der Waals surface area contributed by atoms with E-state index in [1.807, 2.05) is 0 Å². The molecule has 0 atom stereocenters. The Labute approximate surface area is 124 Å². The second kappa shape index (κ2) is 4.68. The summed E-state index contributed by atoms with van der Waals surface area (Å²) in [5.74, 6) is 0. The number of hydrogen-bond acceptors (Lipinski definition) is 4. The maximum Gasteiger partial charge on any atom is 0.285 e. The molecule has 0 N–H and O–H groups in total. The van der Waals surface area contributed by atoms with E-state index in [1.165, 1.54) is 0 Å². The van der Waals surface area contributed by atoms with Crippen LogP contribution in [0.1, 0.15) is 5.56 Å². The Bertz CT molecular complexity index is 903. The van der Waals surface area contributed by atoms with Gasteiger partial charge in [0.05, 0.1) is 4.90 Å². The average Bonchev–Trinajstić information content (AvgIpc) is 2.82. The minimum absolute atomic E-state index is 0.219. The van der Waals surface area contributed by atoms with Crippen molar-refractivity contribution in [2.24, 2.45) is 0 Å². The van der Waals surface area contributed by atoms with Gasteiger partial charge in [-0.2, -0.15) is 8.42 Å². The normalized spacial score (nSPS) is 11.9. The highest BCUT2D eigenvalue weighted by Gasteiger charge is 2.22. The van der Waals surface area contributed by atoms with Crippen molar-refractivity contribution in [3.05, 3.63) is 52.5 Å². The third-order valence-corrected chi connectivity index (χ3v) is 5.20.